The molecule has 0 aliphatic heterocycles. The van der Waals surface area contributed by atoms with E-state index in [0.29, 0.717) is 51.4 Å². The Morgan fingerprint density at radius 3 is 0.595 bits per heavy atom. The van der Waals surface area contributed by atoms with E-state index in [1.807, 2.05) is 0 Å². The molecule has 0 heterocycles. The molecule has 0 fully saturated rings. The van der Waals surface area contributed by atoms with Crippen LogP contribution in [0.3, 0.4) is 0 Å². The Morgan fingerprint density at radius 2 is 0.514 bits per heavy atom. The largest absolute Gasteiger partial charge is 0.512 e. The average molecular weight is 604 g/mol. The van der Waals surface area contributed by atoms with Gasteiger partial charge in [0.05, 0.1) is 23.0 Å². The van der Waals surface area contributed by atoms with E-state index in [9.17, 15) is 19.2 Å². The summed E-state index contributed by atoms with van der Waals surface area (Å²) in [5.41, 5.74) is 0. The number of hydrogen-bond acceptors (Lipinski definition) is 8. The van der Waals surface area contributed by atoms with Crippen molar-refractivity contribution in [2.24, 2.45) is 0 Å². The van der Waals surface area contributed by atoms with E-state index in [4.69, 9.17) is 20.4 Å². The Bertz CT molecular complexity index is 634. The number of aliphatic hydroxyl groups excluding tert-OH is 4. The first kappa shape index (κ1) is 44.7. The van der Waals surface area contributed by atoms with Crippen molar-refractivity contribution in [2.45, 2.75) is 107 Å². The Balaban J connectivity index is -0.000000122. The van der Waals surface area contributed by atoms with Crippen molar-refractivity contribution in [1.29, 1.82) is 0 Å². The molecule has 37 heavy (non-hydrogen) atoms. The summed E-state index contributed by atoms with van der Waals surface area (Å²) in [6.07, 6.45) is 9.09. The van der Waals surface area contributed by atoms with Crippen molar-refractivity contribution in [3.8, 4) is 0 Å². The zero-order valence-electron chi connectivity index (χ0n) is 23.9. The summed E-state index contributed by atoms with van der Waals surface area (Å²) in [5.74, 6) is 0.597. The van der Waals surface area contributed by atoms with Gasteiger partial charge in [-0.1, -0.05) is 55.4 Å². The maximum absolute atomic E-state index is 10.5. The fourth-order valence-electron chi connectivity index (χ4n) is 1.56. The summed E-state index contributed by atoms with van der Waals surface area (Å²) in [6.45, 7) is 14.3. The summed E-state index contributed by atoms with van der Waals surface area (Å²) < 4.78 is 0. The number of aliphatic hydroxyl groups is 4. The summed E-state index contributed by atoms with van der Waals surface area (Å²) in [5, 5.41) is 35.2. The molecule has 0 atom stereocenters. The van der Waals surface area contributed by atoms with Gasteiger partial charge in [0.2, 0.25) is 0 Å². The van der Waals surface area contributed by atoms with Gasteiger partial charge >= 0.3 is 0 Å². The van der Waals surface area contributed by atoms with Gasteiger partial charge in [0.15, 0.2) is 23.1 Å². The maximum atomic E-state index is 10.5. The van der Waals surface area contributed by atoms with Crippen LogP contribution in [-0.4, -0.2) is 43.6 Å². The standard InChI is InChI=1S/4C7H12O2.Zr/c4*1-3-6(8)5-7(9)4-2;/h4*5,8H,3-4H2,1-2H3;. The second kappa shape index (κ2) is 31.8. The smallest absolute Gasteiger partial charge is 0.158 e. The van der Waals surface area contributed by atoms with Gasteiger partial charge in [-0.25, -0.2) is 0 Å². The summed E-state index contributed by atoms with van der Waals surface area (Å²) >= 11 is 0. The predicted octanol–water partition coefficient (Wildman–Crippen LogP) is 7.27. The third-order valence-corrected chi connectivity index (χ3v) is 4.15. The van der Waals surface area contributed by atoms with Crippen molar-refractivity contribution < 1.29 is 65.8 Å². The Kier molecular flexibility index (Phi) is 38.4. The van der Waals surface area contributed by atoms with Gasteiger partial charge in [-0.15, -0.1) is 0 Å². The molecular formula is C28H48O8Zr. The van der Waals surface area contributed by atoms with Crippen LogP contribution in [0.1, 0.15) is 107 Å². The first-order chi connectivity index (χ1) is 16.8. The second-order valence-electron chi connectivity index (χ2n) is 7.24. The van der Waals surface area contributed by atoms with Crippen LogP contribution < -0.4 is 0 Å². The molecule has 0 unspecified atom stereocenters. The van der Waals surface area contributed by atoms with E-state index in [-0.39, 0.29) is 72.4 Å². The number of hydrogen-bond donors (Lipinski definition) is 4. The van der Waals surface area contributed by atoms with Crippen LogP contribution >= 0.6 is 0 Å². The van der Waals surface area contributed by atoms with Gasteiger partial charge in [-0.05, 0) is 0 Å². The first-order valence-corrected chi connectivity index (χ1v) is 12.5. The Labute approximate surface area is 242 Å². The minimum Gasteiger partial charge on any atom is -0.512 e. The molecule has 212 valence electrons. The summed E-state index contributed by atoms with van der Waals surface area (Å²) in [6, 6.07) is 0. The molecule has 0 saturated carbocycles. The summed E-state index contributed by atoms with van der Waals surface area (Å²) in [7, 11) is 0. The van der Waals surface area contributed by atoms with Gasteiger partial charge in [-0.2, -0.15) is 0 Å². The van der Waals surface area contributed by atoms with Crippen molar-refractivity contribution in [2.75, 3.05) is 0 Å². The molecule has 0 aromatic carbocycles. The first-order valence-electron chi connectivity index (χ1n) is 12.5. The normalized spacial score (nSPS) is 11.2. The summed E-state index contributed by atoms with van der Waals surface area (Å²) in [4.78, 5) is 42.2. The zero-order chi connectivity index (χ0) is 29.1. The molecule has 0 bridgehead atoms. The number of rotatable bonds is 12. The van der Waals surface area contributed by atoms with Crippen LogP contribution in [-0.2, 0) is 45.4 Å². The molecule has 0 aliphatic rings. The monoisotopic (exact) mass is 602 g/mol. The van der Waals surface area contributed by atoms with Gasteiger partial charge in [0, 0.05) is 102 Å². The molecule has 0 aromatic rings. The van der Waals surface area contributed by atoms with Gasteiger partial charge in [-0.3, -0.25) is 19.2 Å². The van der Waals surface area contributed by atoms with E-state index in [2.05, 4.69) is 0 Å². The van der Waals surface area contributed by atoms with E-state index in [1.54, 1.807) is 55.4 Å². The van der Waals surface area contributed by atoms with Gasteiger partial charge in [0.1, 0.15) is 0 Å². The quantitative estimate of drug-likeness (QED) is 0.134. The van der Waals surface area contributed by atoms with Crippen LogP contribution in [0.4, 0.5) is 0 Å². The Hall–Kier alpha value is -2.28. The molecular weight excluding hydrogens is 556 g/mol. The third-order valence-electron chi connectivity index (χ3n) is 4.15. The molecule has 4 N–H and O–H groups in total. The number of carbonyl (C=O) groups is 4. The topological polar surface area (TPSA) is 149 Å². The van der Waals surface area contributed by atoms with Gasteiger partial charge in [0.25, 0.3) is 0 Å². The van der Waals surface area contributed by atoms with Crippen molar-refractivity contribution in [3.63, 3.8) is 0 Å². The van der Waals surface area contributed by atoms with Crippen LogP contribution in [0.25, 0.3) is 0 Å². The van der Waals surface area contributed by atoms with Crippen LogP contribution in [0, 0.1) is 0 Å². The third kappa shape index (κ3) is 38.4. The molecule has 0 aromatic heterocycles. The van der Waals surface area contributed by atoms with E-state index in [1.165, 1.54) is 24.3 Å². The average Bonchev–Trinajstić information content (AvgIpc) is 2.88. The van der Waals surface area contributed by atoms with Crippen molar-refractivity contribution >= 4 is 23.1 Å². The van der Waals surface area contributed by atoms with Crippen molar-refractivity contribution in [1.82, 2.24) is 0 Å². The molecule has 0 amide bonds. The minimum atomic E-state index is -0.0191. The van der Waals surface area contributed by atoms with Crippen LogP contribution in [0.5, 0.6) is 0 Å². The SMILES string of the molecule is CCC(=O)C=C(O)CC.CCC(=O)C=C(O)CC.CCC(=O)C=C(O)CC.CCC(=O)C=C(O)CC.[Zr]. The molecule has 8 nitrogen and oxygen atoms in total. The molecule has 0 spiro atoms. The minimum absolute atomic E-state index is 0. The zero-order valence-corrected chi connectivity index (χ0v) is 26.3. The van der Waals surface area contributed by atoms with Gasteiger partial charge < -0.3 is 20.4 Å². The van der Waals surface area contributed by atoms with Crippen molar-refractivity contribution in [3.05, 3.63) is 47.3 Å². The fourth-order valence-corrected chi connectivity index (χ4v) is 1.56. The molecule has 0 rings (SSSR count). The molecule has 0 saturated heterocycles. The number of carbonyl (C=O) groups excluding carboxylic acids is 4. The Morgan fingerprint density at radius 1 is 0.378 bits per heavy atom. The molecule has 0 radical (unpaired) electrons. The maximum Gasteiger partial charge on any atom is 0.158 e. The fraction of sp³-hybridized carbons (Fsp3) is 0.571. The second-order valence-corrected chi connectivity index (χ2v) is 7.24. The van der Waals surface area contributed by atoms with Crippen LogP contribution in [0.15, 0.2) is 47.3 Å². The molecule has 9 heteroatoms. The van der Waals surface area contributed by atoms with E-state index >= 15 is 0 Å². The molecule has 0 aliphatic carbocycles. The van der Waals surface area contributed by atoms with E-state index < -0.39 is 0 Å². The number of ketones is 4. The van der Waals surface area contributed by atoms with E-state index in [0.717, 1.165) is 0 Å². The number of allylic oxidation sites excluding steroid dienone is 8. The predicted molar refractivity (Wildman–Crippen MR) is 145 cm³/mol. The van der Waals surface area contributed by atoms with Crippen LogP contribution in [0.2, 0.25) is 0 Å².